The van der Waals surface area contributed by atoms with Crippen LogP contribution >= 0.6 is 0 Å². The summed E-state index contributed by atoms with van der Waals surface area (Å²) in [5.74, 6) is 0.422. The molecule has 0 aromatic rings. The van der Waals surface area contributed by atoms with Crippen LogP contribution in [-0.4, -0.2) is 16.7 Å². The lowest BCUT2D eigenvalue weighted by atomic mass is 9.74. The molecule has 0 aromatic heterocycles. The lowest BCUT2D eigenvalue weighted by molar-refractivity contribution is -0.0366. The van der Waals surface area contributed by atoms with E-state index in [0.717, 1.165) is 19.3 Å². The quantitative estimate of drug-likeness (QED) is 0.664. The first kappa shape index (κ1) is 10.0. The van der Waals surface area contributed by atoms with Gasteiger partial charge in [0.2, 0.25) is 0 Å². The van der Waals surface area contributed by atoms with E-state index < -0.39 is 5.60 Å². The van der Waals surface area contributed by atoms with Gasteiger partial charge in [-0.1, -0.05) is 12.8 Å². The molecule has 0 radical (unpaired) electrons. The summed E-state index contributed by atoms with van der Waals surface area (Å²) in [6.07, 6.45) is 5.49. The Bertz CT molecular complexity index is 143. The molecule has 1 saturated carbocycles. The highest BCUT2D eigenvalue weighted by Gasteiger charge is 2.34. The Labute approximate surface area is 75.2 Å². The molecular weight excluding hydrogens is 150 g/mol. The van der Waals surface area contributed by atoms with Crippen LogP contribution in [0.2, 0.25) is 0 Å². The van der Waals surface area contributed by atoms with Crippen molar-refractivity contribution in [2.24, 2.45) is 11.7 Å². The highest BCUT2D eigenvalue weighted by atomic mass is 16.3. The van der Waals surface area contributed by atoms with Crippen LogP contribution in [0.3, 0.4) is 0 Å². The largest absolute Gasteiger partial charge is 0.390 e. The van der Waals surface area contributed by atoms with E-state index in [9.17, 15) is 5.11 Å². The fourth-order valence-corrected chi connectivity index (χ4v) is 2.21. The Kier molecular flexibility index (Phi) is 3.13. The Morgan fingerprint density at radius 2 is 2.25 bits per heavy atom. The normalized spacial score (nSPS) is 39.5. The molecule has 0 aliphatic heterocycles. The van der Waals surface area contributed by atoms with Crippen molar-refractivity contribution in [2.75, 3.05) is 0 Å². The van der Waals surface area contributed by atoms with Crippen LogP contribution < -0.4 is 5.73 Å². The molecule has 3 unspecified atom stereocenters. The summed E-state index contributed by atoms with van der Waals surface area (Å²) in [6, 6.07) is 0.222. The van der Waals surface area contributed by atoms with Crippen LogP contribution in [0.15, 0.2) is 0 Å². The standard InChI is InChI=1S/C10H21NO/c1-8(11)7-9-5-3-4-6-10(9,2)12/h8-9,12H,3-7,11H2,1-2H3. The number of nitrogens with two attached hydrogens (primary N) is 1. The summed E-state index contributed by atoms with van der Waals surface area (Å²) >= 11 is 0. The first-order chi connectivity index (χ1) is 5.52. The molecule has 72 valence electrons. The van der Waals surface area contributed by atoms with E-state index in [1.807, 2.05) is 13.8 Å². The molecule has 0 saturated heterocycles. The van der Waals surface area contributed by atoms with Crippen LogP contribution in [0.25, 0.3) is 0 Å². The third kappa shape index (κ3) is 2.46. The van der Waals surface area contributed by atoms with Gasteiger partial charge in [0.05, 0.1) is 5.60 Å². The minimum absolute atomic E-state index is 0.222. The maximum atomic E-state index is 10.0. The van der Waals surface area contributed by atoms with E-state index in [1.54, 1.807) is 0 Å². The van der Waals surface area contributed by atoms with Gasteiger partial charge in [-0.15, -0.1) is 0 Å². The maximum absolute atomic E-state index is 10.0. The molecular formula is C10H21NO. The second-order valence-corrected chi connectivity index (χ2v) is 4.51. The van der Waals surface area contributed by atoms with E-state index >= 15 is 0 Å². The van der Waals surface area contributed by atoms with E-state index in [1.165, 1.54) is 12.8 Å². The number of hydrogen-bond donors (Lipinski definition) is 2. The molecule has 12 heavy (non-hydrogen) atoms. The van der Waals surface area contributed by atoms with Gasteiger partial charge < -0.3 is 10.8 Å². The second kappa shape index (κ2) is 3.75. The Balaban J connectivity index is 2.48. The van der Waals surface area contributed by atoms with Gasteiger partial charge in [0, 0.05) is 6.04 Å². The zero-order valence-electron chi connectivity index (χ0n) is 8.21. The average Bonchev–Trinajstić information content (AvgIpc) is 1.92. The second-order valence-electron chi connectivity index (χ2n) is 4.51. The van der Waals surface area contributed by atoms with Crippen LogP contribution in [-0.2, 0) is 0 Å². The third-order valence-electron chi connectivity index (χ3n) is 3.02. The van der Waals surface area contributed by atoms with Gasteiger partial charge in [-0.25, -0.2) is 0 Å². The summed E-state index contributed by atoms with van der Waals surface area (Å²) in [5, 5.41) is 10.0. The predicted octanol–water partition coefficient (Wildman–Crippen LogP) is 1.66. The van der Waals surface area contributed by atoms with Gasteiger partial charge in [0.15, 0.2) is 0 Å². The highest BCUT2D eigenvalue weighted by Crippen LogP contribution is 2.35. The highest BCUT2D eigenvalue weighted by molar-refractivity contribution is 4.87. The summed E-state index contributed by atoms with van der Waals surface area (Å²) in [7, 11) is 0. The van der Waals surface area contributed by atoms with Crippen molar-refractivity contribution < 1.29 is 5.11 Å². The lowest BCUT2D eigenvalue weighted by Gasteiger charge is -2.38. The maximum Gasteiger partial charge on any atom is 0.0648 e. The lowest BCUT2D eigenvalue weighted by Crippen LogP contribution is -2.40. The average molecular weight is 171 g/mol. The molecule has 3 atom stereocenters. The molecule has 1 aliphatic rings. The minimum Gasteiger partial charge on any atom is -0.390 e. The molecule has 0 amide bonds. The van der Waals surface area contributed by atoms with Crippen molar-refractivity contribution in [1.29, 1.82) is 0 Å². The van der Waals surface area contributed by atoms with Gasteiger partial charge in [0.25, 0.3) is 0 Å². The molecule has 0 bridgehead atoms. The van der Waals surface area contributed by atoms with Crippen LogP contribution in [0.5, 0.6) is 0 Å². The van der Waals surface area contributed by atoms with Gasteiger partial charge in [0.1, 0.15) is 0 Å². The van der Waals surface area contributed by atoms with E-state index in [-0.39, 0.29) is 6.04 Å². The van der Waals surface area contributed by atoms with Gasteiger partial charge in [-0.05, 0) is 39.0 Å². The number of hydrogen-bond acceptors (Lipinski definition) is 2. The predicted molar refractivity (Wildman–Crippen MR) is 50.8 cm³/mol. The van der Waals surface area contributed by atoms with Crippen molar-refractivity contribution in [2.45, 2.75) is 57.6 Å². The Morgan fingerprint density at radius 1 is 1.58 bits per heavy atom. The van der Waals surface area contributed by atoms with Crippen LogP contribution in [0.1, 0.15) is 46.0 Å². The SMILES string of the molecule is CC(N)CC1CCCCC1(C)O. The van der Waals surface area contributed by atoms with E-state index in [4.69, 9.17) is 5.73 Å². The van der Waals surface area contributed by atoms with Crippen LogP contribution in [0.4, 0.5) is 0 Å². The molecule has 2 heteroatoms. The molecule has 1 rings (SSSR count). The van der Waals surface area contributed by atoms with Crippen molar-refractivity contribution in [3.8, 4) is 0 Å². The van der Waals surface area contributed by atoms with Crippen molar-refractivity contribution in [3.63, 3.8) is 0 Å². The smallest absolute Gasteiger partial charge is 0.0648 e. The molecule has 0 heterocycles. The Morgan fingerprint density at radius 3 is 2.75 bits per heavy atom. The Hall–Kier alpha value is -0.0800. The summed E-state index contributed by atoms with van der Waals surface area (Å²) in [5.41, 5.74) is 5.28. The van der Waals surface area contributed by atoms with Gasteiger partial charge in [-0.2, -0.15) is 0 Å². The van der Waals surface area contributed by atoms with Crippen molar-refractivity contribution in [3.05, 3.63) is 0 Å². The molecule has 0 aromatic carbocycles. The summed E-state index contributed by atoms with van der Waals surface area (Å²) < 4.78 is 0. The fraction of sp³-hybridized carbons (Fsp3) is 1.00. The number of aliphatic hydroxyl groups is 1. The molecule has 3 N–H and O–H groups in total. The fourth-order valence-electron chi connectivity index (χ4n) is 2.21. The first-order valence-corrected chi connectivity index (χ1v) is 5.00. The summed E-state index contributed by atoms with van der Waals surface area (Å²) in [6.45, 7) is 3.98. The van der Waals surface area contributed by atoms with Gasteiger partial charge >= 0.3 is 0 Å². The van der Waals surface area contributed by atoms with Crippen LogP contribution in [0, 0.1) is 5.92 Å². The summed E-state index contributed by atoms with van der Waals surface area (Å²) in [4.78, 5) is 0. The third-order valence-corrected chi connectivity index (χ3v) is 3.02. The van der Waals surface area contributed by atoms with Gasteiger partial charge in [-0.3, -0.25) is 0 Å². The minimum atomic E-state index is -0.453. The monoisotopic (exact) mass is 171 g/mol. The zero-order chi connectivity index (χ0) is 9.19. The van der Waals surface area contributed by atoms with Crippen molar-refractivity contribution in [1.82, 2.24) is 0 Å². The molecule has 0 spiro atoms. The number of rotatable bonds is 2. The topological polar surface area (TPSA) is 46.2 Å². The molecule has 1 fully saturated rings. The van der Waals surface area contributed by atoms with E-state index in [0.29, 0.717) is 5.92 Å². The first-order valence-electron chi connectivity index (χ1n) is 5.00. The van der Waals surface area contributed by atoms with E-state index in [2.05, 4.69) is 0 Å². The van der Waals surface area contributed by atoms with Crippen molar-refractivity contribution >= 4 is 0 Å². The molecule has 1 aliphatic carbocycles. The molecule has 2 nitrogen and oxygen atoms in total. The zero-order valence-corrected chi connectivity index (χ0v) is 8.21.